The summed E-state index contributed by atoms with van der Waals surface area (Å²) < 4.78 is 19.5. The minimum absolute atomic E-state index is 0.0337. The molecule has 0 saturated heterocycles. The molecule has 0 spiro atoms. The maximum absolute atomic E-state index is 7.16. The first-order valence-electron chi connectivity index (χ1n) is 14.2. The molecule has 214 valence electrons. The smallest absolute Gasteiger partial charge is 0.192 e. The Labute approximate surface area is 251 Å². The molecule has 1 aliphatic rings. The van der Waals surface area contributed by atoms with Crippen LogP contribution in [0.3, 0.4) is 0 Å². The molecule has 0 N–H and O–H groups in total. The first-order valence-corrected chi connectivity index (χ1v) is 19.0. The fourth-order valence-corrected chi connectivity index (χ4v) is 7.83. The van der Waals surface area contributed by atoms with Crippen LogP contribution in [0.2, 0.25) is 18.1 Å². The Bertz CT molecular complexity index is 1180. The van der Waals surface area contributed by atoms with Crippen LogP contribution in [0.4, 0.5) is 0 Å². The fourth-order valence-electron chi connectivity index (χ4n) is 4.54. The van der Waals surface area contributed by atoms with Gasteiger partial charge in [0, 0.05) is 22.0 Å². The highest BCUT2D eigenvalue weighted by Gasteiger charge is 2.43. The molecule has 3 aromatic carbocycles. The van der Waals surface area contributed by atoms with Gasteiger partial charge in [-0.3, -0.25) is 0 Å². The van der Waals surface area contributed by atoms with E-state index in [1.807, 2.05) is 41.7 Å². The van der Waals surface area contributed by atoms with Crippen molar-refractivity contribution >= 4 is 31.8 Å². The lowest BCUT2D eigenvalue weighted by molar-refractivity contribution is -0.113. The van der Waals surface area contributed by atoms with Crippen LogP contribution in [0, 0.1) is 5.92 Å². The molecular weight excluding hydrogens is 549 g/mol. The Morgan fingerprint density at radius 1 is 0.825 bits per heavy atom. The second-order valence-corrected chi connectivity index (χ2v) is 18.7. The van der Waals surface area contributed by atoms with Gasteiger partial charge in [0.25, 0.3) is 0 Å². The number of hydrogen-bond donors (Lipinski definition) is 0. The summed E-state index contributed by atoms with van der Waals surface area (Å²) in [7, 11) is -2.01. The third-order valence-corrected chi connectivity index (χ3v) is 14.5. The van der Waals surface area contributed by atoms with E-state index in [4.69, 9.17) is 13.9 Å². The first kappa shape index (κ1) is 31.1. The molecule has 1 aliphatic carbocycles. The molecule has 0 radical (unpaired) electrons. The van der Waals surface area contributed by atoms with Gasteiger partial charge >= 0.3 is 0 Å². The molecule has 3 nitrogen and oxygen atoms in total. The number of hydrogen-bond acceptors (Lipinski definition) is 5. The highest BCUT2D eigenvalue weighted by atomic mass is 32.2. The zero-order chi connectivity index (χ0) is 28.4. The third-order valence-electron chi connectivity index (χ3n) is 7.88. The van der Waals surface area contributed by atoms with Crippen LogP contribution in [0.25, 0.3) is 0 Å². The van der Waals surface area contributed by atoms with Crippen molar-refractivity contribution in [2.24, 2.45) is 5.92 Å². The molecule has 0 heterocycles. The second-order valence-electron chi connectivity index (χ2n) is 11.9. The first-order chi connectivity index (χ1) is 19.2. The molecule has 6 heteroatoms. The quantitative estimate of drug-likeness (QED) is 0.0903. The average molecular weight is 593 g/mol. The summed E-state index contributed by atoms with van der Waals surface area (Å²) in [6, 6.07) is 31.6. The van der Waals surface area contributed by atoms with Gasteiger partial charge in [-0.1, -0.05) is 99.3 Å². The van der Waals surface area contributed by atoms with Crippen molar-refractivity contribution in [2.45, 2.75) is 80.4 Å². The monoisotopic (exact) mass is 592 g/mol. The van der Waals surface area contributed by atoms with Gasteiger partial charge in [-0.25, -0.2) is 0 Å². The molecular formula is C34H44O3S2Si. The van der Waals surface area contributed by atoms with Crippen LogP contribution in [0.1, 0.15) is 39.2 Å². The van der Waals surface area contributed by atoms with Gasteiger partial charge < -0.3 is 13.9 Å². The predicted octanol–water partition coefficient (Wildman–Crippen LogP) is 9.81. The fraction of sp³-hybridized carbons (Fsp3) is 0.412. The summed E-state index contributed by atoms with van der Waals surface area (Å²) in [5, 5.41) is 2.51. The van der Waals surface area contributed by atoms with Crippen molar-refractivity contribution in [2.75, 3.05) is 12.5 Å². The van der Waals surface area contributed by atoms with Crippen molar-refractivity contribution in [3.8, 4) is 0 Å². The molecule has 1 saturated carbocycles. The highest BCUT2D eigenvalue weighted by molar-refractivity contribution is 8.02. The Morgan fingerprint density at radius 2 is 1.43 bits per heavy atom. The van der Waals surface area contributed by atoms with Gasteiger partial charge in [0.2, 0.25) is 0 Å². The maximum atomic E-state index is 7.16. The molecule has 0 amide bonds. The molecule has 1 fully saturated rings. The number of thioether (sulfide) groups is 2. The Morgan fingerprint density at radius 3 is 2.05 bits per heavy atom. The van der Waals surface area contributed by atoms with Gasteiger partial charge in [-0.05, 0) is 71.3 Å². The molecule has 3 atom stereocenters. The third kappa shape index (κ3) is 9.36. The number of ether oxygens (including phenoxy) is 2. The largest absolute Gasteiger partial charge is 0.410 e. The summed E-state index contributed by atoms with van der Waals surface area (Å²) in [5.74, 6) is 1.34. The molecule has 4 rings (SSSR count). The van der Waals surface area contributed by atoms with E-state index >= 15 is 0 Å². The topological polar surface area (TPSA) is 27.7 Å². The highest BCUT2D eigenvalue weighted by Crippen LogP contribution is 2.44. The molecule has 1 unspecified atom stereocenters. The van der Waals surface area contributed by atoms with Crippen LogP contribution in [0.5, 0.6) is 0 Å². The van der Waals surface area contributed by atoms with Crippen LogP contribution >= 0.6 is 23.5 Å². The van der Waals surface area contributed by atoms with Crippen molar-refractivity contribution < 1.29 is 13.9 Å². The number of rotatable bonds is 12. The van der Waals surface area contributed by atoms with Crippen molar-refractivity contribution in [3.63, 3.8) is 0 Å². The van der Waals surface area contributed by atoms with Gasteiger partial charge in [0.15, 0.2) is 8.32 Å². The predicted molar refractivity (Wildman–Crippen MR) is 173 cm³/mol. The van der Waals surface area contributed by atoms with Crippen molar-refractivity contribution in [3.05, 3.63) is 108 Å². The minimum Gasteiger partial charge on any atom is -0.410 e. The lowest BCUT2D eigenvalue weighted by Gasteiger charge is -2.44. The van der Waals surface area contributed by atoms with E-state index in [9.17, 15) is 0 Å². The van der Waals surface area contributed by atoms with E-state index in [1.165, 1.54) is 15.4 Å². The zero-order valence-corrected chi connectivity index (χ0v) is 27.2. The van der Waals surface area contributed by atoms with Gasteiger partial charge in [0.1, 0.15) is 6.79 Å². The average Bonchev–Trinajstić information content (AvgIpc) is 2.94. The van der Waals surface area contributed by atoms with Crippen LogP contribution in [-0.4, -0.2) is 33.1 Å². The van der Waals surface area contributed by atoms with E-state index in [-0.39, 0.29) is 17.2 Å². The van der Waals surface area contributed by atoms with E-state index < -0.39 is 8.32 Å². The van der Waals surface area contributed by atoms with E-state index in [0.717, 1.165) is 24.2 Å². The normalized spacial score (nSPS) is 21.0. The molecule has 40 heavy (non-hydrogen) atoms. The SMILES string of the molecule is CC(C)(C)[Si](C)(C)O[C@H]1C[C@H](OCOCc2ccccc2)CC(CSc2ccccc2)/C1=C\Sc1ccccc1. The van der Waals surface area contributed by atoms with Crippen molar-refractivity contribution in [1.82, 2.24) is 0 Å². The standard InChI is InChI=1S/C34H44O3S2Si/c1-34(2,3)40(4,5)37-33-22-29(36-26-35-23-27-15-9-6-10-16-27)21-28(24-38-30-17-11-7-12-18-30)32(33)25-39-31-19-13-8-14-20-31/h6-20,25,28-29,33H,21-24,26H2,1-5H3/b32-25+/t28?,29-,33+/m1/s1. The minimum atomic E-state index is -2.01. The molecule has 0 aromatic heterocycles. The number of benzene rings is 3. The van der Waals surface area contributed by atoms with Gasteiger partial charge in [-0.15, -0.1) is 11.8 Å². The van der Waals surface area contributed by atoms with E-state index in [0.29, 0.717) is 19.3 Å². The van der Waals surface area contributed by atoms with Crippen molar-refractivity contribution in [1.29, 1.82) is 0 Å². The lowest BCUT2D eigenvalue weighted by Crippen LogP contribution is -2.48. The van der Waals surface area contributed by atoms with Crippen LogP contribution < -0.4 is 0 Å². The van der Waals surface area contributed by atoms with Crippen LogP contribution in [-0.2, 0) is 20.5 Å². The molecule has 0 aliphatic heterocycles. The molecule has 3 aromatic rings. The molecule has 0 bridgehead atoms. The van der Waals surface area contributed by atoms with E-state index in [1.54, 1.807) is 0 Å². The maximum Gasteiger partial charge on any atom is 0.192 e. The second kappa shape index (κ2) is 14.9. The Balaban J connectivity index is 1.53. The summed E-state index contributed by atoms with van der Waals surface area (Å²) >= 11 is 3.73. The van der Waals surface area contributed by atoms with Gasteiger partial charge in [0.05, 0.1) is 18.8 Å². The summed E-state index contributed by atoms with van der Waals surface area (Å²) in [4.78, 5) is 2.55. The summed E-state index contributed by atoms with van der Waals surface area (Å²) in [6.45, 7) is 12.5. The zero-order valence-electron chi connectivity index (χ0n) is 24.5. The summed E-state index contributed by atoms with van der Waals surface area (Å²) in [6.07, 6.45) is 1.94. The Hall–Kier alpha value is -1.80. The van der Waals surface area contributed by atoms with Crippen LogP contribution in [0.15, 0.2) is 112 Å². The Kier molecular flexibility index (Phi) is 11.6. The van der Waals surface area contributed by atoms with E-state index in [2.05, 4.69) is 112 Å². The summed E-state index contributed by atoms with van der Waals surface area (Å²) in [5.41, 5.74) is 2.57. The van der Waals surface area contributed by atoms with Gasteiger partial charge in [-0.2, -0.15) is 0 Å². The lowest BCUT2D eigenvalue weighted by atomic mass is 9.82.